The molecular weight excluding hydrogens is 186 g/mol. The molecule has 0 atom stereocenters. The lowest BCUT2D eigenvalue weighted by Gasteiger charge is -2.08. The van der Waals surface area contributed by atoms with E-state index in [4.69, 9.17) is 17.1 Å². The van der Waals surface area contributed by atoms with Crippen molar-refractivity contribution in [1.29, 1.82) is 0 Å². The average Bonchev–Trinajstić information content (AvgIpc) is 2.43. The normalized spacial score (nSPS) is 14.3. The number of anilines is 1. The van der Waals surface area contributed by atoms with Crippen LogP contribution in [-0.4, -0.2) is 24.1 Å². The van der Waals surface area contributed by atoms with Gasteiger partial charge in [0.15, 0.2) is 0 Å². The minimum atomic E-state index is 0.631. The lowest BCUT2D eigenvalue weighted by atomic mass is 10.1. The summed E-state index contributed by atoms with van der Waals surface area (Å²) in [6.45, 7) is 0.631. The first-order valence-corrected chi connectivity index (χ1v) is 4.32. The standard InChI is InChI=1S/C9H8ClN3/c1-13-5-8(12-11)7-3-2-6(10)4-9(7)13/h2-4H,5H2,1H3. The molecule has 0 saturated heterocycles. The summed E-state index contributed by atoms with van der Waals surface area (Å²) >= 11 is 5.85. The third kappa shape index (κ3) is 1.22. The van der Waals surface area contributed by atoms with Gasteiger partial charge in [-0.05, 0) is 18.2 Å². The summed E-state index contributed by atoms with van der Waals surface area (Å²) in [6.07, 6.45) is 0. The zero-order chi connectivity index (χ0) is 9.42. The van der Waals surface area contributed by atoms with Crippen LogP contribution in [0, 0.1) is 0 Å². The zero-order valence-electron chi connectivity index (χ0n) is 7.16. The predicted octanol–water partition coefficient (Wildman–Crippen LogP) is 1.81. The highest BCUT2D eigenvalue weighted by Gasteiger charge is 2.28. The fourth-order valence-electron chi connectivity index (χ4n) is 1.55. The molecule has 0 radical (unpaired) electrons. The van der Waals surface area contributed by atoms with Crippen LogP contribution in [0.1, 0.15) is 5.56 Å². The Hall–Kier alpha value is -1.31. The predicted molar refractivity (Wildman–Crippen MR) is 52.5 cm³/mol. The molecule has 1 aromatic carbocycles. The molecule has 1 aliphatic rings. The van der Waals surface area contributed by atoms with Crippen molar-refractivity contribution in [2.24, 2.45) is 0 Å². The first-order chi connectivity index (χ1) is 6.22. The monoisotopic (exact) mass is 193 g/mol. The van der Waals surface area contributed by atoms with Crippen LogP contribution in [-0.2, 0) is 0 Å². The summed E-state index contributed by atoms with van der Waals surface area (Å²) in [5.41, 5.74) is 11.4. The summed E-state index contributed by atoms with van der Waals surface area (Å²) < 4.78 is 0. The van der Waals surface area contributed by atoms with Crippen LogP contribution >= 0.6 is 11.6 Å². The van der Waals surface area contributed by atoms with Crippen molar-refractivity contribution in [3.05, 3.63) is 34.3 Å². The number of fused-ring (bicyclic) bond motifs is 1. The molecule has 4 heteroatoms. The van der Waals surface area contributed by atoms with Crippen molar-refractivity contribution in [2.75, 3.05) is 18.5 Å². The van der Waals surface area contributed by atoms with E-state index in [2.05, 4.69) is 4.79 Å². The maximum absolute atomic E-state index is 8.73. The Morgan fingerprint density at radius 2 is 2.31 bits per heavy atom. The molecule has 1 aromatic rings. The first kappa shape index (κ1) is 8.30. The molecule has 1 heterocycles. The number of benzene rings is 1. The zero-order valence-corrected chi connectivity index (χ0v) is 7.91. The van der Waals surface area contributed by atoms with Crippen molar-refractivity contribution >= 4 is 23.0 Å². The molecule has 0 amide bonds. The van der Waals surface area contributed by atoms with Gasteiger partial charge in [-0.25, -0.2) is 0 Å². The summed E-state index contributed by atoms with van der Waals surface area (Å²) in [6, 6.07) is 5.54. The molecule has 0 aromatic heterocycles. The summed E-state index contributed by atoms with van der Waals surface area (Å²) in [4.78, 5) is 5.24. The molecular formula is C9H8ClN3. The van der Waals surface area contributed by atoms with Gasteiger partial charge in [0, 0.05) is 12.1 Å². The molecule has 0 unspecified atom stereocenters. The molecule has 1 aliphatic heterocycles. The van der Waals surface area contributed by atoms with Crippen LogP contribution in [0.25, 0.3) is 5.53 Å². The van der Waals surface area contributed by atoms with Gasteiger partial charge >= 0.3 is 5.71 Å². The summed E-state index contributed by atoms with van der Waals surface area (Å²) in [7, 11) is 1.94. The first-order valence-electron chi connectivity index (χ1n) is 3.94. The lowest BCUT2D eigenvalue weighted by molar-refractivity contribution is -0.00479. The fourth-order valence-corrected chi connectivity index (χ4v) is 1.71. The second-order valence-corrected chi connectivity index (χ2v) is 3.50. The Balaban J connectivity index is 2.65. The van der Waals surface area contributed by atoms with Crippen LogP contribution in [0.4, 0.5) is 5.69 Å². The Kier molecular flexibility index (Phi) is 1.83. The van der Waals surface area contributed by atoms with Gasteiger partial charge in [0.1, 0.15) is 6.54 Å². The second-order valence-electron chi connectivity index (χ2n) is 3.06. The minimum Gasteiger partial charge on any atom is -0.362 e. The highest BCUT2D eigenvalue weighted by molar-refractivity contribution is 6.31. The van der Waals surface area contributed by atoms with E-state index >= 15 is 0 Å². The smallest absolute Gasteiger partial charge is 0.320 e. The van der Waals surface area contributed by atoms with Crippen molar-refractivity contribution < 1.29 is 4.79 Å². The number of hydrogen-bond donors (Lipinski definition) is 0. The van der Waals surface area contributed by atoms with Gasteiger partial charge in [0.2, 0.25) is 0 Å². The molecule has 2 rings (SSSR count). The van der Waals surface area contributed by atoms with Crippen molar-refractivity contribution in [1.82, 2.24) is 0 Å². The second kappa shape index (κ2) is 2.87. The largest absolute Gasteiger partial charge is 0.362 e. The van der Waals surface area contributed by atoms with E-state index in [1.165, 1.54) is 0 Å². The molecule has 0 fully saturated rings. The van der Waals surface area contributed by atoms with E-state index in [-0.39, 0.29) is 0 Å². The van der Waals surface area contributed by atoms with Crippen LogP contribution in [0.2, 0.25) is 5.02 Å². The Bertz CT molecular complexity index is 407. The number of hydrogen-bond acceptors (Lipinski definition) is 1. The van der Waals surface area contributed by atoms with Crippen molar-refractivity contribution in [3.63, 3.8) is 0 Å². The molecule has 13 heavy (non-hydrogen) atoms. The summed E-state index contributed by atoms with van der Waals surface area (Å²) in [5, 5.41) is 0.699. The number of rotatable bonds is 0. The van der Waals surface area contributed by atoms with Gasteiger partial charge in [-0.1, -0.05) is 11.6 Å². The van der Waals surface area contributed by atoms with Gasteiger partial charge in [-0.15, -0.1) is 0 Å². The molecule has 0 saturated carbocycles. The molecule has 66 valence electrons. The Morgan fingerprint density at radius 1 is 1.54 bits per heavy atom. The van der Waals surface area contributed by atoms with Crippen molar-refractivity contribution in [3.8, 4) is 0 Å². The van der Waals surface area contributed by atoms with Crippen LogP contribution < -0.4 is 4.90 Å². The SMILES string of the molecule is CN1CC(=[N+]=[N-])c2ccc(Cl)cc21. The highest BCUT2D eigenvalue weighted by Crippen LogP contribution is 2.28. The van der Waals surface area contributed by atoms with Gasteiger partial charge < -0.3 is 10.4 Å². The fraction of sp³-hybridized carbons (Fsp3) is 0.222. The molecule has 0 spiro atoms. The molecule has 3 nitrogen and oxygen atoms in total. The molecule has 0 aliphatic carbocycles. The number of halogens is 1. The Labute approximate surface area is 81.2 Å². The average molecular weight is 194 g/mol. The highest BCUT2D eigenvalue weighted by atomic mass is 35.5. The van der Waals surface area contributed by atoms with E-state index < -0.39 is 0 Å². The maximum atomic E-state index is 8.73. The van der Waals surface area contributed by atoms with Crippen LogP contribution in [0.3, 0.4) is 0 Å². The van der Waals surface area contributed by atoms with Crippen molar-refractivity contribution in [2.45, 2.75) is 0 Å². The van der Waals surface area contributed by atoms with E-state index in [0.717, 1.165) is 11.3 Å². The minimum absolute atomic E-state index is 0.631. The molecule has 0 N–H and O–H groups in total. The van der Waals surface area contributed by atoms with Gasteiger partial charge in [-0.3, -0.25) is 0 Å². The van der Waals surface area contributed by atoms with E-state index in [0.29, 0.717) is 17.3 Å². The van der Waals surface area contributed by atoms with Gasteiger partial charge in [-0.2, -0.15) is 4.79 Å². The quantitative estimate of drug-likeness (QED) is 0.458. The van der Waals surface area contributed by atoms with Gasteiger partial charge in [0.05, 0.1) is 11.3 Å². The maximum Gasteiger partial charge on any atom is 0.320 e. The van der Waals surface area contributed by atoms with E-state index in [9.17, 15) is 0 Å². The third-order valence-corrected chi connectivity index (χ3v) is 2.42. The number of likely N-dealkylation sites (N-methyl/N-ethyl adjacent to an activating group) is 1. The van der Waals surface area contributed by atoms with Crippen LogP contribution in [0.15, 0.2) is 18.2 Å². The van der Waals surface area contributed by atoms with Crippen LogP contribution in [0.5, 0.6) is 0 Å². The summed E-state index contributed by atoms with van der Waals surface area (Å²) in [5.74, 6) is 0. The lowest BCUT2D eigenvalue weighted by Crippen LogP contribution is -2.16. The molecule has 0 bridgehead atoms. The van der Waals surface area contributed by atoms with E-state index in [1.54, 1.807) is 6.07 Å². The van der Waals surface area contributed by atoms with Gasteiger partial charge in [0.25, 0.3) is 0 Å². The Morgan fingerprint density at radius 3 is 3.00 bits per heavy atom. The third-order valence-electron chi connectivity index (χ3n) is 2.19. The topological polar surface area (TPSA) is 39.6 Å². The van der Waals surface area contributed by atoms with E-state index in [1.807, 2.05) is 24.1 Å². The number of nitrogens with zero attached hydrogens (tertiary/aromatic N) is 3.